The maximum atomic E-state index is 13.7. The predicted molar refractivity (Wildman–Crippen MR) is 138 cm³/mol. The third-order valence-electron chi connectivity index (χ3n) is 6.59. The van der Waals surface area contributed by atoms with Crippen molar-refractivity contribution in [1.82, 2.24) is 24.1 Å². The van der Waals surface area contributed by atoms with Gasteiger partial charge in [0.05, 0.1) is 11.0 Å². The number of hydrogen-bond donors (Lipinski definition) is 0. The van der Waals surface area contributed by atoms with Crippen LogP contribution < -0.4 is 5.56 Å². The number of rotatable bonds is 9. The number of benzene rings is 2. The highest BCUT2D eigenvalue weighted by atomic mass is 16.1. The number of nitrogens with zero attached hydrogens (tertiary/aromatic N) is 5. The highest BCUT2D eigenvalue weighted by Crippen LogP contribution is 2.26. The van der Waals surface area contributed by atoms with Crippen molar-refractivity contribution in [3.05, 3.63) is 76.3 Å². The van der Waals surface area contributed by atoms with Crippen molar-refractivity contribution < 1.29 is 0 Å². The molecule has 0 saturated carbocycles. The van der Waals surface area contributed by atoms with E-state index in [-0.39, 0.29) is 5.56 Å². The van der Waals surface area contributed by atoms with Gasteiger partial charge in [0.15, 0.2) is 11.3 Å². The molecule has 0 fully saturated rings. The van der Waals surface area contributed by atoms with Gasteiger partial charge < -0.3 is 4.57 Å². The largest absolute Gasteiger partial charge is 0.308 e. The van der Waals surface area contributed by atoms with Gasteiger partial charge in [0.1, 0.15) is 16.7 Å². The van der Waals surface area contributed by atoms with E-state index in [1.807, 2.05) is 41.8 Å². The maximum Gasteiger partial charge on any atom is 0.265 e. The van der Waals surface area contributed by atoms with Gasteiger partial charge in [-0.25, -0.2) is 15.0 Å². The fraction of sp³-hybridized carbons (Fsp3) is 0.357. The zero-order valence-corrected chi connectivity index (χ0v) is 20.0. The maximum absolute atomic E-state index is 13.7. The van der Waals surface area contributed by atoms with Gasteiger partial charge in [0, 0.05) is 13.1 Å². The average Bonchev–Trinajstić information content (AvgIpc) is 3.15. The minimum absolute atomic E-state index is 0.00830. The molecule has 0 saturated heterocycles. The lowest BCUT2D eigenvalue weighted by Gasteiger charge is -2.11. The molecule has 0 atom stereocenters. The number of para-hydroxylation sites is 2. The fourth-order valence-corrected chi connectivity index (χ4v) is 4.73. The minimum atomic E-state index is -0.00830. The van der Waals surface area contributed by atoms with Crippen LogP contribution in [-0.4, -0.2) is 24.1 Å². The Morgan fingerprint density at radius 3 is 2.21 bits per heavy atom. The molecule has 3 heterocycles. The van der Waals surface area contributed by atoms with Gasteiger partial charge in [0.2, 0.25) is 0 Å². The quantitative estimate of drug-likeness (QED) is 0.264. The van der Waals surface area contributed by atoms with Crippen molar-refractivity contribution in [2.75, 3.05) is 0 Å². The average molecular weight is 454 g/mol. The zero-order chi connectivity index (χ0) is 23.5. The molecule has 6 heteroatoms. The third kappa shape index (κ3) is 4.20. The SMILES string of the molecule is CCCCCCCn1c(C)nc2c(c1=O)c1nc3ccccc3nc1n2CCc1ccccc1. The molecule has 0 N–H and O–H groups in total. The summed E-state index contributed by atoms with van der Waals surface area (Å²) in [5.41, 5.74) is 4.92. The van der Waals surface area contributed by atoms with Crippen LogP contribution >= 0.6 is 0 Å². The molecule has 3 aromatic heterocycles. The van der Waals surface area contributed by atoms with Crippen LogP contribution in [0.1, 0.15) is 50.4 Å². The Morgan fingerprint density at radius 1 is 0.735 bits per heavy atom. The molecule has 174 valence electrons. The molecule has 0 bridgehead atoms. The first kappa shape index (κ1) is 22.3. The van der Waals surface area contributed by atoms with E-state index in [2.05, 4.69) is 35.8 Å². The Bertz CT molecular complexity index is 1500. The van der Waals surface area contributed by atoms with E-state index in [9.17, 15) is 4.79 Å². The van der Waals surface area contributed by atoms with Gasteiger partial charge in [0.25, 0.3) is 5.56 Å². The number of hydrogen-bond acceptors (Lipinski definition) is 4. The van der Waals surface area contributed by atoms with Crippen LogP contribution in [0, 0.1) is 6.92 Å². The molecule has 0 spiro atoms. The Morgan fingerprint density at radius 2 is 1.44 bits per heavy atom. The number of fused-ring (bicyclic) bond motifs is 4. The highest BCUT2D eigenvalue weighted by molar-refractivity contribution is 6.04. The van der Waals surface area contributed by atoms with Crippen molar-refractivity contribution in [2.24, 2.45) is 0 Å². The summed E-state index contributed by atoms with van der Waals surface area (Å²) in [6.45, 7) is 5.52. The molecule has 0 aliphatic carbocycles. The number of aryl methyl sites for hydroxylation is 3. The normalized spacial score (nSPS) is 11.7. The Balaban J connectivity index is 1.64. The molecule has 0 aliphatic heterocycles. The molecule has 0 amide bonds. The van der Waals surface area contributed by atoms with Gasteiger partial charge in [-0.15, -0.1) is 0 Å². The van der Waals surface area contributed by atoms with E-state index in [0.29, 0.717) is 29.6 Å². The monoisotopic (exact) mass is 453 g/mol. The van der Waals surface area contributed by atoms with E-state index in [4.69, 9.17) is 15.0 Å². The van der Waals surface area contributed by atoms with Crippen molar-refractivity contribution in [3.63, 3.8) is 0 Å². The van der Waals surface area contributed by atoms with Gasteiger partial charge >= 0.3 is 0 Å². The predicted octanol–water partition coefficient (Wildman–Crippen LogP) is 5.82. The van der Waals surface area contributed by atoms with Gasteiger partial charge in [-0.2, -0.15) is 0 Å². The van der Waals surface area contributed by atoms with E-state index in [1.165, 1.54) is 24.8 Å². The van der Waals surface area contributed by atoms with Crippen LogP contribution in [0.5, 0.6) is 0 Å². The van der Waals surface area contributed by atoms with E-state index >= 15 is 0 Å². The van der Waals surface area contributed by atoms with Crippen molar-refractivity contribution >= 4 is 33.2 Å². The van der Waals surface area contributed by atoms with E-state index < -0.39 is 0 Å². The van der Waals surface area contributed by atoms with Crippen molar-refractivity contribution in [3.8, 4) is 0 Å². The molecule has 34 heavy (non-hydrogen) atoms. The second-order valence-electron chi connectivity index (χ2n) is 9.00. The minimum Gasteiger partial charge on any atom is -0.308 e. The first-order chi connectivity index (χ1) is 16.7. The van der Waals surface area contributed by atoms with Crippen LogP contribution in [0.2, 0.25) is 0 Å². The van der Waals surface area contributed by atoms with Gasteiger partial charge in [-0.1, -0.05) is 75.1 Å². The topological polar surface area (TPSA) is 65.6 Å². The van der Waals surface area contributed by atoms with Gasteiger partial charge in [-0.05, 0) is 37.5 Å². The molecular formula is C28H31N5O. The van der Waals surface area contributed by atoms with Crippen LogP contribution in [-0.2, 0) is 19.5 Å². The number of aromatic nitrogens is 5. The second-order valence-corrected chi connectivity index (χ2v) is 9.00. The Kier molecular flexibility index (Phi) is 6.39. The summed E-state index contributed by atoms with van der Waals surface area (Å²) >= 11 is 0. The van der Waals surface area contributed by atoms with Crippen molar-refractivity contribution in [2.45, 2.75) is 65.5 Å². The summed E-state index contributed by atoms with van der Waals surface area (Å²) in [7, 11) is 0. The smallest absolute Gasteiger partial charge is 0.265 e. The molecule has 5 rings (SSSR count). The van der Waals surface area contributed by atoms with Crippen LogP contribution in [0.4, 0.5) is 0 Å². The summed E-state index contributed by atoms with van der Waals surface area (Å²) < 4.78 is 3.91. The van der Waals surface area contributed by atoms with Crippen LogP contribution in [0.25, 0.3) is 33.2 Å². The van der Waals surface area contributed by atoms with Crippen LogP contribution in [0.15, 0.2) is 59.4 Å². The molecule has 0 unspecified atom stereocenters. The Labute approximate surface area is 199 Å². The summed E-state index contributed by atoms with van der Waals surface area (Å²) in [5, 5.41) is 0.584. The van der Waals surface area contributed by atoms with E-state index in [0.717, 1.165) is 41.8 Å². The summed E-state index contributed by atoms with van der Waals surface area (Å²) in [4.78, 5) is 28.5. The standard InChI is InChI=1S/C28H31N5O/c1-3-4-5-6-12-18-32-20(2)29-26-24(28(32)34)25-27(31-23-16-11-10-15-22(23)30-25)33(26)19-17-21-13-8-7-9-14-21/h7-11,13-16H,3-6,12,17-19H2,1-2H3. The fourth-order valence-electron chi connectivity index (χ4n) is 4.73. The highest BCUT2D eigenvalue weighted by Gasteiger charge is 2.21. The Hall–Kier alpha value is -3.54. The lowest BCUT2D eigenvalue weighted by molar-refractivity contribution is 0.545. The first-order valence-corrected chi connectivity index (χ1v) is 12.4. The zero-order valence-electron chi connectivity index (χ0n) is 20.0. The lowest BCUT2D eigenvalue weighted by Crippen LogP contribution is -2.24. The molecular weight excluding hydrogens is 422 g/mol. The molecule has 0 radical (unpaired) electrons. The second kappa shape index (κ2) is 9.75. The third-order valence-corrected chi connectivity index (χ3v) is 6.59. The molecule has 5 aromatic rings. The summed E-state index contributed by atoms with van der Waals surface area (Å²) in [6, 6.07) is 18.2. The lowest BCUT2D eigenvalue weighted by atomic mass is 10.1. The number of unbranched alkanes of at least 4 members (excludes halogenated alkanes) is 4. The van der Waals surface area contributed by atoms with E-state index in [1.54, 1.807) is 0 Å². The summed E-state index contributed by atoms with van der Waals surface area (Å²) in [6.07, 6.45) is 6.59. The summed E-state index contributed by atoms with van der Waals surface area (Å²) in [5.74, 6) is 0.751. The molecule has 0 aliphatic rings. The van der Waals surface area contributed by atoms with Crippen LogP contribution in [0.3, 0.4) is 0 Å². The van der Waals surface area contributed by atoms with Crippen molar-refractivity contribution in [1.29, 1.82) is 0 Å². The van der Waals surface area contributed by atoms with Gasteiger partial charge in [-0.3, -0.25) is 9.36 Å². The molecule has 6 nitrogen and oxygen atoms in total. The first-order valence-electron chi connectivity index (χ1n) is 12.4. The molecule has 2 aromatic carbocycles.